The molecular weight excluding hydrogens is 206 g/mol. The number of likely N-dealkylation sites (N-methyl/N-ethyl adjacent to an activating group) is 1. The fourth-order valence-corrected chi connectivity index (χ4v) is 1.82. The molecule has 0 spiro atoms. The van der Waals surface area contributed by atoms with Crippen molar-refractivity contribution < 1.29 is 9.26 Å². The molecule has 1 heterocycles. The van der Waals surface area contributed by atoms with Gasteiger partial charge in [-0.2, -0.15) is 4.98 Å². The summed E-state index contributed by atoms with van der Waals surface area (Å²) in [5, 5.41) is 7.19. The quantitative estimate of drug-likeness (QED) is 0.754. The third kappa shape index (κ3) is 3.02. The van der Waals surface area contributed by atoms with Gasteiger partial charge in [0.05, 0.1) is 0 Å². The SMILES string of the molecule is CCOCc1noc(CC(NC)C2CC2)n1. The summed E-state index contributed by atoms with van der Waals surface area (Å²) in [4.78, 5) is 4.30. The molecule has 5 heteroatoms. The molecule has 1 saturated carbocycles. The summed E-state index contributed by atoms with van der Waals surface area (Å²) in [6.07, 6.45) is 3.44. The molecule has 1 aromatic rings. The average Bonchev–Trinajstić information content (AvgIpc) is 3.04. The van der Waals surface area contributed by atoms with Gasteiger partial charge in [-0.3, -0.25) is 0 Å². The first-order chi connectivity index (χ1) is 7.83. The van der Waals surface area contributed by atoms with Gasteiger partial charge in [-0.1, -0.05) is 5.16 Å². The van der Waals surface area contributed by atoms with Gasteiger partial charge in [0.1, 0.15) is 6.61 Å². The molecule has 2 rings (SSSR count). The maximum absolute atomic E-state index is 5.22. The Hall–Kier alpha value is -0.940. The summed E-state index contributed by atoms with van der Waals surface area (Å²) in [6.45, 7) is 3.06. The van der Waals surface area contributed by atoms with Gasteiger partial charge < -0.3 is 14.6 Å². The van der Waals surface area contributed by atoms with Crippen molar-refractivity contribution in [1.29, 1.82) is 0 Å². The third-order valence-corrected chi connectivity index (χ3v) is 2.90. The van der Waals surface area contributed by atoms with Crippen LogP contribution in [0.1, 0.15) is 31.5 Å². The van der Waals surface area contributed by atoms with Crippen molar-refractivity contribution in [2.45, 2.75) is 38.8 Å². The number of hydrogen-bond donors (Lipinski definition) is 1. The predicted octanol–water partition coefficient (Wildman–Crippen LogP) is 1.15. The Morgan fingerprint density at radius 1 is 1.56 bits per heavy atom. The standard InChI is InChI=1S/C11H19N3O2/c1-3-15-7-10-13-11(16-14-10)6-9(12-2)8-4-5-8/h8-9,12H,3-7H2,1-2H3. The van der Waals surface area contributed by atoms with E-state index in [9.17, 15) is 0 Å². The van der Waals surface area contributed by atoms with Crippen LogP contribution in [0.15, 0.2) is 4.52 Å². The monoisotopic (exact) mass is 225 g/mol. The lowest BCUT2D eigenvalue weighted by molar-refractivity contribution is 0.126. The van der Waals surface area contributed by atoms with Gasteiger partial charge in [0.2, 0.25) is 5.89 Å². The molecule has 1 unspecified atom stereocenters. The second kappa shape index (κ2) is 5.41. The van der Waals surface area contributed by atoms with E-state index in [2.05, 4.69) is 15.5 Å². The number of ether oxygens (including phenoxy) is 1. The van der Waals surface area contributed by atoms with E-state index < -0.39 is 0 Å². The Kier molecular flexibility index (Phi) is 3.90. The van der Waals surface area contributed by atoms with Crippen molar-refractivity contribution in [1.82, 2.24) is 15.5 Å². The zero-order valence-corrected chi connectivity index (χ0v) is 9.90. The highest BCUT2D eigenvalue weighted by molar-refractivity contribution is 4.94. The van der Waals surface area contributed by atoms with Crippen LogP contribution in [-0.2, 0) is 17.8 Å². The van der Waals surface area contributed by atoms with Gasteiger partial charge in [-0.05, 0) is 32.7 Å². The van der Waals surface area contributed by atoms with E-state index >= 15 is 0 Å². The molecule has 0 aromatic carbocycles. The van der Waals surface area contributed by atoms with Crippen LogP contribution in [-0.4, -0.2) is 29.8 Å². The molecule has 0 amide bonds. The van der Waals surface area contributed by atoms with Crippen LogP contribution in [0.25, 0.3) is 0 Å². The maximum atomic E-state index is 5.22. The van der Waals surface area contributed by atoms with Crippen LogP contribution in [0, 0.1) is 5.92 Å². The zero-order chi connectivity index (χ0) is 11.4. The molecule has 1 atom stereocenters. The van der Waals surface area contributed by atoms with E-state index in [1.54, 1.807) is 0 Å². The molecule has 1 aliphatic carbocycles. The first kappa shape index (κ1) is 11.5. The van der Waals surface area contributed by atoms with E-state index in [0.717, 1.165) is 12.3 Å². The lowest BCUT2D eigenvalue weighted by Gasteiger charge is -2.11. The van der Waals surface area contributed by atoms with E-state index in [1.807, 2.05) is 14.0 Å². The van der Waals surface area contributed by atoms with Crippen LogP contribution in [0.3, 0.4) is 0 Å². The molecular formula is C11H19N3O2. The second-order valence-corrected chi connectivity index (χ2v) is 4.18. The fraction of sp³-hybridized carbons (Fsp3) is 0.818. The molecule has 0 bridgehead atoms. The smallest absolute Gasteiger partial charge is 0.228 e. The number of nitrogens with one attached hydrogen (secondary N) is 1. The van der Waals surface area contributed by atoms with E-state index in [0.29, 0.717) is 31.0 Å². The van der Waals surface area contributed by atoms with E-state index in [1.165, 1.54) is 12.8 Å². The Labute approximate surface area is 95.6 Å². The molecule has 1 fully saturated rings. The average molecular weight is 225 g/mol. The molecule has 1 aromatic heterocycles. The predicted molar refractivity (Wildman–Crippen MR) is 58.9 cm³/mol. The largest absolute Gasteiger partial charge is 0.374 e. The summed E-state index contributed by atoms with van der Waals surface area (Å²) < 4.78 is 10.4. The van der Waals surface area contributed by atoms with Crippen molar-refractivity contribution in [3.05, 3.63) is 11.7 Å². The Morgan fingerprint density at radius 2 is 2.38 bits per heavy atom. The van der Waals surface area contributed by atoms with E-state index in [-0.39, 0.29) is 0 Å². The van der Waals surface area contributed by atoms with Crippen molar-refractivity contribution in [3.8, 4) is 0 Å². The van der Waals surface area contributed by atoms with Crippen LogP contribution < -0.4 is 5.32 Å². The van der Waals surface area contributed by atoms with Crippen LogP contribution >= 0.6 is 0 Å². The van der Waals surface area contributed by atoms with Crippen LogP contribution in [0.4, 0.5) is 0 Å². The minimum absolute atomic E-state index is 0.438. The minimum Gasteiger partial charge on any atom is -0.374 e. The van der Waals surface area contributed by atoms with Gasteiger partial charge >= 0.3 is 0 Å². The van der Waals surface area contributed by atoms with Crippen molar-refractivity contribution in [2.75, 3.05) is 13.7 Å². The highest BCUT2D eigenvalue weighted by Gasteiger charge is 2.31. The molecule has 1 N–H and O–H groups in total. The van der Waals surface area contributed by atoms with Crippen molar-refractivity contribution in [3.63, 3.8) is 0 Å². The van der Waals surface area contributed by atoms with Gasteiger partial charge in [0.15, 0.2) is 5.82 Å². The fourth-order valence-electron chi connectivity index (χ4n) is 1.82. The summed E-state index contributed by atoms with van der Waals surface area (Å²) in [6, 6.07) is 0.473. The van der Waals surface area contributed by atoms with Gasteiger partial charge in [0, 0.05) is 19.1 Å². The van der Waals surface area contributed by atoms with Crippen molar-refractivity contribution >= 4 is 0 Å². The number of aromatic nitrogens is 2. The Morgan fingerprint density at radius 3 is 3.00 bits per heavy atom. The van der Waals surface area contributed by atoms with Crippen molar-refractivity contribution in [2.24, 2.45) is 5.92 Å². The summed E-state index contributed by atoms with van der Waals surface area (Å²) in [5.74, 6) is 2.13. The summed E-state index contributed by atoms with van der Waals surface area (Å²) in [7, 11) is 1.99. The molecule has 0 saturated heterocycles. The zero-order valence-electron chi connectivity index (χ0n) is 9.90. The topological polar surface area (TPSA) is 60.2 Å². The van der Waals surface area contributed by atoms with Gasteiger partial charge in [0.25, 0.3) is 0 Å². The lowest BCUT2D eigenvalue weighted by Crippen LogP contribution is -2.29. The normalized spacial score (nSPS) is 17.6. The summed E-state index contributed by atoms with van der Waals surface area (Å²) in [5.41, 5.74) is 0. The second-order valence-electron chi connectivity index (χ2n) is 4.18. The van der Waals surface area contributed by atoms with Crippen LogP contribution in [0.2, 0.25) is 0 Å². The third-order valence-electron chi connectivity index (χ3n) is 2.90. The number of hydrogen-bond acceptors (Lipinski definition) is 5. The molecule has 90 valence electrons. The van der Waals surface area contributed by atoms with E-state index in [4.69, 9.17) is 9.26 Å². The number of rotatable bonds is 7. The highest BCUT2D eigenvalue weighted by Crippen LogP contribution is 2.33. The van der Waals surface area contributed by atoms with Gasteiger partial charge in [-0.25, -0.2) is 0 Å². The summed E-state index contributed by atoms with van der Waals surface area (Å²) >= 11 is 0. The highest BCUT2D eigenvalue weighted by atomic mass is 16.5. The van der Waals surface area contributed by atoms with Gasteiger partial charge in [-0.15, -0.1) is 0 Å². The molecule has 5 nitrogen and oxygen atoms in total. The Bertz CT molecular complexity index is 323. The molecule has 1 aliphatic rings. The lowest BCUT2D eigenvalue weighted by atomic mass is 10.1. The number of nitrogens with zero attached hydrogens (tertiary/aromatic N) is 2. The first-order valence-corrected chi connectivity index (χ1v) is 5.90. The molecule has 0 aliphatic heterocycles. The first-order valence-electron chi connectivity index (χ1n) is 5.90. The maximum Gasteiger partial charge on any atom is 0.228 e. The minimum atomic E-state index is 0.438. The molecule has 0 radical (unpaired) electrons. The van der Waals surface area contributed by atoms with Crippen LogP contribution in [0.5, 0.6) is 0 Å². The molecule has 16 heavy (non-hydrogen) atoms. The Balaban J connectivity index is 1.85.